The van der Waals surface area contributed by atoms with E-state index in [4.69, 9.17) is 0 Å². The summed E-state index contributed by atoms with van der Waals surface area (Å²) < 4.78 is 0. The van der Waals surface area contributed by atoms with E-state index in [2.05, 4.69) is 22.1 Å². The van der Waals surface area contributed by atoms with Crippen LogP contribution in [0.25, 0.3) is 21.7 Å². The summed E-state index contributed by atoms with van der Waals surface area (Å²) in [4.78, 5) is 8.49. The molecule has 3 aromatic rings. The largest absolute Gasteiger partial charge is 0.264 e. The Kier molecular flexibility index (Phi) is 1.47. The summed E-state index contributed by atoms with van der Waals surface area (Å²) in [5.41, 5.74) is 0.999. The van der Waals surface area contributed by atoms with E-state index in [0.717, 1.165) is 16.3 Å². The van der Waals surface area contributed by atoms with Gasteiger partial charge in [0.25, 0.3) is 0 Å². The molecule has 2 aromatic heterocycles. The topological polar surface area (TPSA) is 25.8 Å². The first-order chi connectivity index (χ1) is 6.95. The van der Waals surface area contributed by atoms with Crippen LogP contribution in [-0.4, -0.2) is 9.97 Å². The first kappa shape index (κ1) is 7.44. The molecule has 0 amide bonds. The van der Waals surface area contributed by atoms with Crippen molar-refractivity contribution in [1.82, 2.24) is 9.97 Å². The molecule has 66 valence electrons. The summed E-state index contributed by atoms with van der Waals surface area (Å²) in [6, 6.07) is 10.2. The van der Waals surface area contributed by atoms with Crippen molar-refractivity contribution in [3.63, 3.8) is 0 Å². The number of fused-ring (bicyclic) bond motifs is 3. The minimum absolute atomic E-state index is 0.999. The molecule has 14 heavy (non-hydrogen) atoms. The minimum Gasteiger partial charge on any atom is -0.264 e. The third kappa shape index (κ3) is 0.973. The van der Waals surface area contributed by atoms with Gasteiger partial charge >= 0.3 is 0 Å². The molecule has 1 aromatic carbocycles. The molecule has 0 fully saturated rings. The fourth-order valence-electron chi connectivity index (χ4n) is 1.70. The molecule has 3 rings (SSSR count). The van der Waals surface area contributed by atoms with Crippen LogP contribution in [0.3, 0.4) is 0 Å². The van der Waals surface area contributed by atoms with Gasteiger partial charge < -0.3 is 0 Å². The first-order valence-corrected chi connectivity index (χ1v) is 4.52. The Labute approximate surface area is 81.2 Å². The van der Waals surface area contributed by atoms with Crippen molar-refractivity contribution in [2.24, 2.45) is 0 Å². The van der Waals surface area contributed by atoms with Crippen molar-refractivity contribution in [3.8, 4) is 0 Å². The van der Waals surface area contributed by atoms with Gasteiger partial charge in [0, 0.05) is 29.4 Å². The summed E-state index contributed by atoms with van der Waals surface area (Å²) in [6.45, 7) is 0. The lowest BCUT2D eigenvalue weighted by Crippen LogP contribution is -1.82. The van der Waals surface area contributed by atoms with Gasteiger partial charge in [-0.3, -0.25) is 9.97 Å². The number of hydrogen-bond acceptors (Lipinski definition) is 2. The lowest BCUT2D eigenvalue weighted by molar-refractivity contribution is 1.34. The van der Waals surface area contributed by atoms with Crippen molar-refractivity contribution < 1.29 is 0 Å². The maximum Gasteiger partial charge on any atom is 0.0739 e. The van der Waals surface area contributed by atoms with Gasteiger partial charge in [-0.25, -0.2) is 0 Å². The van der Waals surface area contributed by atoms with E-state index in [9.17, 15) is 0 Å². The summed E-state index contributed by atoms with van der Waals surface area (Å²) >= 11 is 0. The molecular formula is C12H8N2. The lowest BCUT2D eigenvalue weighted by atomic mass is 10.1. The number of nitrogens with zero attached hydrogens (tertiary/aromatic N) is 2. The number of benzene rings is 1. The van der Waals surface area contributed by atoms with E-state index in [1.807, 2.05) is 30.6 Å². The predicted molar refractivity (Wildman–Crippen MR) is 57.0 cm³/mol. The Morgan fingerprint density at radius 1 is 0.857 bits per heavy atom. The summed E-state index contributed by atoms with van der Waals surface area (Å²) in [5.74, 6) is 0. The SMILES string of the molecule is c1ccc2c(c1)cnc1ccncc12. The molecule has 0 aliphatic rings. The van der Waals surface area contributed by atoms with Gasteiger partial charge in [0.1, 0.15) is 0 Å². The van der Waals surface area contributed by atoms with Crippen LogP contribution >= 0.6 is 0 Å². The monoisotopic (exact) mass is 180 g/mol. The second kappa shape index (κ2) is 2.77. The van der Waals surface area contributed by atoms with Crippen LogP contribution in [0.4, 0.5) is 0 Å². The van der Waals surface area contributed by atoms with Crippen LogP contribution in [0.5, 0.6) is 0 Å². The Hall–Kier alpha value is -1.96. The van der Waals surface area contributed by atoms with Crippen molar-refractivity contribution in [2.45, 2.75) is 0 Å². The average Bonchev–Trinajstić information content (AvgIpc) is 2.29. The molecule has 0 bridgehead atoms. The third-order valence-electron chi connectivity index (χ3n) is 2.39. The van der Waals surface area contributed by atoms with E-state index in [-0.39, 0.29) is 0 Å². The van der Waals surface area contributed by atoms with Crippen LogP contribution in [-0.2, 0) is 0 Å². The molecular weight excluding hydrogens is 172 g/mol. The second-order valence-corrected chi connectivity index (χ2v) is 3.24. The molecule has 0 radical (unpaired) electrons. The van der Waals surface area contributed by atoms with Gasteiger partial charge in [-0.15, -0.1) is 0 Å². The number of aromatic nitrogens is 2. The van der Waals surface area contributed by atoms with Gasteiger partial charge in [-0.2, -0.15) is 0 Å². The van der Waals surface area contributed by atoms with Crippen LogP contribution in [0, 0.1) is 0 Å². The third-order valence-corrected chi connectivity index (χ3v) is 2.39. The van der Waals surface area contributed by atoms with Gasteiger partial charge in [0.05, 0.1) is 5.52 Å². The van der Waals surface area contributed by atoms with Crippen LogP contribution in [0.15, 0.2) is 48.9 Å². The molecule has 0 aliphatic carbocycles. The smallest absolute Gasteiger partial charge is 0.0739 e. The molecule has 0 N–H and O–H groups in total. The van der Waals surface area contributed by atoms with Crippen LogP contribution in [0.2, 0.25) is 0 Å². The molecule has 0 saturated heterocycles. The first-order valence-electron chi connectivity index (χ1n) is 4.52. The molecule has 0 spiro atoms. The minimum atomic E-state index is 0.999. The van der Waals surface area contributed by atoms with Crippen molar-refractivity contribution in [2.75, 3.05) is 0 Å². The van der Waals surface area contributed by atoms with Crippen molar-refractivity contribution in [3.05, 3.63) is 48.9 Å². The fourth-order valence-corrected chi connectivity index (χ4v) is 1.70. The van der Waals surface area contributed by atoms with Crippen LogP contribution < -0.4 is 0 Å². The van der Waals surface area contributed by atoms with Crippen molar-refractivity contribution in [1.29, 1.82) is 0 Å². The van der Waals surface area contributed by atoms with Crippen LogP contribution in [0.1, 0.15) is 0 Å². The highest BCUT2D eigenvalue weighted by Crippen LogP contribution is 2.21. The fraction of sp³-hybridized carbons (Fsp3) is 0. The summed E-state index contributed by atoms with van der Waals surface area (Å²) in [5, 5.41) is 3.49. The molecule has 0 saturated carbocycles. The zero-order chi connectivity index (χ0) is 9.38. The molecule has 2 heterocycles. The van der Waals surface area contributed by atoms with Gasteiger partial charge in [0.2, 0.25) is 0 Å². The Morgan fingerprint density at radius 2 is 1.79 bits per heavy atom. The molecule has 2 heteroatoms. The highest BCUT2D eigenvalue weighted by Gasteiger charge is 1.99. The second-order valence-electron chi connectivity index (χ2n) is 3.24. The molecule has 0 atom stereocenters. The average molecular weight is 180 g/mol. The normalized spacial score (nSPS) is 10.9. The number of hydrogen-bond donors (Lipinski definition) is 0. The maximum absolute atomic E-state index is 4.37. The zero-order valence-electron chi connectivity index (χ0n) is 7.51. The molecule has 0 unspecified atom stereocenters. The number of pyridine rings is 2. The Balaban J connectivity index is 2.61. The highest BCUT2D eigenvalue weighted by atomic mass is 14.7. The summed E-state index contributed by atoms with van der Waals surface area (Å²) in [6.07, 6.45) is 5.53. The zero-order valence-corrected chi connectivity index (χ0v) is 7.51. The summed E-state index contributed by atoms with van der Waals surface area (Å²) in [7, 11) is 0. The van der Waals surface area contributed by atoms with Gasteiger partial charge in [-0.05, 0) is 11.5 Å². The van der Waals surface area contributed by atoms with Gasteiger partial charge in [-0.1, -0.05) is 24.3 Å². The van der Waals surface area contributed by atoms with E-state index in [1.165, 1.54) is 5.39 Å². The van der Waals surface area contributed by atoms with E-state index in [0.29, 0.717) is 0 Å². The Morgan fingerprint density at radius 3 is 2.79 bits per heavy atom. The highest BCUT2D eigenvalue weighted by molar-refractivity contribution is 6.04. The van der Waals surface area contributed by atoms with E-state index >= 15 is 0 Å². The predicted octanol–water partition coefficient (Wildman–Crippen LogP) is 2.78. The molecule has 2 nitrogen and oxygen atoms in total. The van der Waals surface area contributed by atoms with E-state index < -0.39 is 0 Å². The lowest BCUT2D eigenvalue weighted by Gasteiger charge is -2.00. The van der Waals surface area contributed by atoms with Crippen molar-refractivity contribution >= 4 is 21.7 Å². The standard InChI is InChI=1S/C12H8N2/c1-2-4-10-9(3-1)7-14-12-5-6-13-8-11(10)12/h1-8H. The van der Waals surface area contributed by atoms with Gasteiger partial charge in [0.15, 0.2) is 0 Å². The number of rotatable bonds is 0. The maximum atomic E-state index is 4.37. The Bertz CT molecular complexity index is 547. The molecule has 0 aliphatic heterocycles. The quantitative estimate of drug-likeness (QED) is 0.497. The van der Waals surface area contributed by atoms with E-state index in [1.54, 1.807) is 6.20 Å².